The first-order chi connectivity index (χ1) is 8.09. The smallest absolute Gasteiger partial charge is 0.270 e. The van der Waals surface area contributed by atoms with Crippen LogP contribution in [-0.4, -0.2) is 9.49 Å². The van der Waals surface area contributed by atoms with Gasteiger partial charge in [-0.2, -0.15) is 0 Å². The van der Waals surface area contributed by atoms with Gasteiger partial charge in [0, 0.05) is 28.9 Å². The molecule has 0 saturated heterocycles. The number of rotatable bonds is 2. The number of nitro groups is 1. The minimum absolute atomic E-state index is 0.0235. The maximum atomic E-state index is 11.6. The molecule has 0 bridgehead atoms. The number of nitrogens with zero attached hydrogens (tertiary/aromatic N) is 2. The number of nitro benzene ring substituents is 1. The molecule has 1 aromatic carbocycles. The van der Waals surface area contributed by atoms with Crippen LogP contribution in [0.25, 0.3) is 5.69 Å². The first kappa shape index (κ1) is 11.5. The van der Waals surface area contributed by atoms with Gasteiger partial charge in [0.05, 0.1) is 10.6 Å². The number of aromatic nitrogens is 1. The molecule has 5 nitrogen and oxygen atoms in total. The van der Waals surface area contributed by atoms with E-state index in [1.807, 2.05) is 0 Å². The Hall–Kier alpha value is -1.95. The summed E-state index contributed by atoms with van der Waals surface area (Å²) >= 11 is 3.22. The Morgan fingerprint density at radius 3 is 2.59 bits per heavy atom. The fourth-order valence-electron chi connectivity index (χ4n) is 1.43. The third-order valence-electron chi connectivity index (χ3n) is 2.22. The van der Waals surface area contributed by atoms with Crippen LogP contribution in [0.3, 0.4) is 0 Å². The third kappa shape index (κ3) is 2.26. The van der Waals surface area contributed by atoms with Gasteiger partial charge in [-0.3, -0.25) is 19.5 Å². The molecule has 1 aromatic heterocycles. The SMILES string of the molecule is O=c1ccccn1-c1ccc([N+](=O)[O-])cc1Br. The molecule has 0 N–H and O–H groups in total. The van der Waals surface area contributed by atoms with Gasteiger partial charge < -0.3 is 0 Å². The zero-order valence-electron chi connectivity index (χ0n) is 8.54. The van der Waals surface area contributed by atoms with E-state index in [1.165, 1.54) is 28.8 Å². The van der Waals surface area contributed by atoms with E-state index in [0.717, 1.165) is 0 Å². The fourth-order valence-corrected chi connectivity index (χ4v) is 1.99. The van der Waals surface area contributed by atoms with Crippen molar-refractivity contribution in [2.24, 2.45) is 0 Å². The number of benzene rings is 1. The van der Waals surface area contributed by atoms with Gasteiger partial charge in [0.1, 0.15) is 0 Å². The zero-order chi connectivity index (χ0) is 12.4. The summed E-state index contributed by atoms with van der Waals surface area (Å²) in [6.07, 6.45) is 1.61. The van der Waals surface area contributed by atoms with E-state index in [1.54, 1.807) is 18.3 Å². The Labute approximate surface area is 105 Å². The van der Waals surface area contributed by atoms with Gasteiger partial charge in [-0.1, -0.05) is 6.07 Å². The average Bonchev–Trinajstić information content (AvgIpc) is 2.30. The Kier molecular flexibility index (Phi) is 3.06. The van der Waals surface area contributed by atoms with Crippen molar-refractivity contribution >= 4 is 21.6 Å². The van der Waals surface area contributed by atoms with Crippen molar-refractivity contribution in [1.82, 2.24) is 4.57 Å². The predicted molar refractivity (Wildman–Crippen MR) is 66.4 cm³/mol. The summed E-state index contributed by atoms with van der Waals surface area (Å²) in [5.41, 5.74) is 0.354. The minimum atomic E-state index is -0.484. The van der Waals surface area contributed by atoms with E-state index in [4.69, 9.17) is 0 Å². The number of hydrogen-bond acceptors (Lipinski definition) is 3. The summed E-state index contributed by atoms with van der Waals surface area (Å²) in [5, 5.41) is 10.6. The average molecular weight is 295 g/mol. The van der Waals surface area contributed by atoms with Gasteiger partial charge in [-0.25, -0.2) is 0 Å². The Morgan fingerprint density at radius 1 is 1.24 bits per heavy atom. The highest BCUT2D eigenvalue weighted by Gasteiger charge is 2.10. The molecule has 0 unspecified atom stereocenters. The summed E-state index contributed by atoms with van der Waals surface area (Å²) in [4.78, 5) is 21.7. The quantitative estimate of drug-likeness (QED) is 0.631. The molecule has 2 aromatic rings. The summed E-state index contributed by atoms with van der Waals surface area (Å²) < 4.78 is 1.91. The van der Waals surface area contributed by atoms with Crippen LogP contribution >= 0.6 is 15.9 Å². The van der Waals surface area contributed by atoms with Crippen molar-refractivity contribution in [3.8, 4) is 5.69 Å². The van der Waals surface area contributed by atoms with Crippen LogP contribution in [-0.2, 0) is 0 Å². The normalized spacial score (nSPS) is 10.2. The van der Waals surface area contributed by atoms with Gasteiger partial charge in [0.15, 0.2) is 0 Å². The number of hydrogen-bond donors (Lipinski definition) is 0. The first-order valence-electron chi connectivity index (χ1n) is 4.71. The van der Waals surface area contributed by atoms with Crippen molar-refractivity contribution in [2.75, 3.05) is 0 Å². The van der Waals surface area contributed by atoms with E-state index in [9.17, 15) is 14.9 Å². The molecule has 6 heteroatoms. The number of non-ortho nitro benzene ring substituents is 1. The van der Waals surface area contributed by atoms with Crippen LogP contribution in [0.2, 0.25) is 0 Å². The van der Waals surface area contributed by atoms with Gasteiger partial charge in [-0.05, 0) is 28.1 Å². The van der Waals surface area contributed by atoms with E-state index >= 15 is 0 Å². The second-order valence-corrected chi connectivity index (χ2v) is 4.16. The molecule has 0 radical (unpaired) electrons. The van der Waals surface area contributed by atoms with Crippen LogP contribution in [0.1, 0.15) is 0 Å². The Morgan fingerprint density at radius 2 is 2.00 bits per heavy atom. The monoisotopic (exact) mass is 294 g/mol. The van der Waals surface area contributed by atoms with E-state index in [0.29, 0.717) is 10.2 Å². The largest absolute Gasteiger partial charge is 0.283 e. The molecule has 17 heavy (non-hydrogen) atoms. The zero-order valence-corrected chi connectivity index (χ0v) is 10.1. The molecule has 1 heterocycles. The molecule has 2 rings (SSSR count). The molecule has 0 spiro atoms. The summed E-state index contributed by atoms with van der Waals surface area (Å²) in [7, 11) is 0. The topological polar surface area (TPSA) is 65.1 Å². The fraction of sp³-hybridized carbons (Fsp3) is 0. The van der Waals surface area contributed by atoms with Crippen molar-refractivity contribution in [1.29, 1.82) is 0 Å². The van der Waals surface area contributed by atoms with Crippen LogP contribution in [0.5, 0.6) is 0 Å². The first-order valence-corrected chi connectivity index (χ1v) is 5.51. The highest BCUT2D eigenvalue weighted by Crippen LogP contribution is 2.24. The highest BCUT2D eigenvalue weighted by atomic mass is 79.9. The van der Waals surface area contributed by atoms with Crippen LogP contribution < -0.4 is 5.56 Å². The summed E-state index contributed by atoms with van der Waals surface area (Å²) in [6, 6.07) is 9.04. The summed E-state index contributed by atoms with van der Waals surface area (Å²) in [6.45, 7) is 0. The standard InChI is InChI=1S/C11H7BrN2O3/c12-9-7-8(14(16)17)4-5-10(9)13-6-2-1-3-11(13)15/h1-7H. The maximum absolute atomic E-state index is 11.6. The van der Waals surface area contributed by atoms with Crippen LogP contribution in [0.4, 0.5) is 5.69 Å². The lowest BCUT2D eigenvalue weighted by Gasteiger charge is -2.06. The third-order valence-corrected chi connectivity index (χ3v) is 2.86. The van der Waals surface area contributed by atoms with Crippen molar-refractivity contribution < 1.29 is 4.92 Å². The Balaban J connectivity index is 2.59. The molecule has 0 aliphatic heterocycles. The molecule has 0 saturated carbocycles. The molecule has 0 atom stereocenters. The molecule has 0 amide bonds. The molecular formula is C11H7BrN2O3. The lowest BCUT2D eigenvalue weighted by Crippen LogP contribution is -2.15. The minimum Gasteiger partial charge on any atom is -0.283 e. The molecular weight excluding hydrogens is 288 g/mol. The molecule has 0 fully saturated rings. The van der Waals surface area contributed by atoms with Crippen molar-refractivity contribution in [2.45, 2.75) is 0 Å². The van der Waals surface area contributed by atoms with Crippen LogP contribution in [0.15, 0.2) is 51.9 Å². The second kappa shape index (κ2) is 4.50. The van der Waals surface area contributed by atoms with Crippen molar-refractivity contribution in [3.05, 3.63) is 67.5 Å². The lowest BCUT2D eigenvalue weighted by molar-refractivity contribution is -0.384. The summed E-state index contributed by atoms with van der Waals surface area (Å²) in [5.74, 6) is 0. The van der Waals surface area contributed by atoms with Gasteiger partial charge in [0.25, 0.3) is 11.2 Å². The molecule has 86 valence electrons. The molecule has 0 aliphatic carbocycles. The van der Waals surface area contributed by atoms with Gasteiger partial charge in [-0.15, -0.1) is 0 Å². The predicted octanol–water partition coefficient (Wildman–Crippen LogP) is 2.51. The molecule has 0 aliphatic rings. The maximum Gasteiger partial charge on any atom is 0.270 e. The highest BCUT2D eigenvalue weighted by molar-refractivity contribution is 9.10. The van der Waals surface area contributed by atoms with E-state index in [-0.39, 0.29) is 11.2 Å². The number of halogens is 1. The van der Waals surface area contributed by atoms with Gasteiger partial charge in [0.2, 0.25) is 0 Å². The lowest BCUT2D eigenvalue weighted by atomic mass is 10.2. The number of pyridine rings is 1. The van der Waals surface area contributed by atoms with E-state index in [2.05, 4.69) is 15.9 Å². The van der Waals surface area contributed by atoms with Crippen LogP contribution in [0, 0.1) is 10.1 Å². The Bertz CT molecular complexity index is 637. The van der Waals surface area contributed by atoms with Gasteiger partial charge >= 0.3 is 0 Å². The second-order valence-electron chi connectivity index (χ2n) is 3.30. The van der Waals surface area contributed by atoms with E-state index < -0.39 is 4.92 Å². The van der Waals surface area contributed by atoms with Crippen molar-refractivity contribution in [3.63, 3.8) is 0 Å².